The van der Waals surface area contributed by atoms with Crippen LogP contribution in [0.3, 0.4) is 0 Å². The van der Waals surface area contributed by atoms with Crippen molar-refractivity contribution in [2.24, 2.45) is 5.73 Å². The number of ketones is 1. The van der Waals surface area contributed by atoms with E-state index in [0.717, 1.165) is 0 Å². The normalized spacial score (nSPS) is 12.0. The molecular formula is C20H16BrCl4N5O2S. The summed E-state index contributed by atoms with van der Waals surface area (Å²) in [5.74, 6) is -0.113. The Balaban J connectivity index is 2.00. The molecule has 0 radical (unpaired) electrons. The van der Waals surface area contributed by atoms with Gasteiger partial charge in [0.1, 0.15) is 10.3 Å². The monoisotopic (exact) mass is 609 g/mol. The standard InChI is InChI=1S/C20H16BrCl4N5O2S/c1-33-3-2-14(26)18(31)11-4-9(22)5-12(24)17(11)28-20(32)15-7-16(21)29-30(15)19-13(25)6-10(23)8-27-19/h4-8,14H,2-3,26H2,1H3,(H,28,32). The minimum absolute atomic E-state index is 0.0784. The summed E-state index contributed by atoms with van der Waals surface area (Å²) >= 11 is 29.5. The topological polar surface area (TPSA) is 103 Å². The fourth-order valence-corrected chi connectivity index (χ4v) is 4.75. The van der Waals surface area contributed by atoms with Gasteiger partial charge >= 0.3 is 0 Å². The van der Waals surface area contributed by atoms with E-state index in [0.29, 0.717) is 21.8 Å². The number of hydrogen-bond donors (Lipinski definition) is 2. The molecule has 1 atom stereocenters. The molecule has 0 saturated carbocycles. The summed E-state index contributed by atoms with van der Waals surface area (Å²) < 4.78 is 1.60. The van der Waals surface area contributed by atoms with E-state index in [-0.39, 0.29) is 43.6 Å². The van der Waals surface area contributed by atoms with Gasteiger partial charge in [0, 0.05) is 22.8 Å². The predicted octanol–water partition coefficient (Wildman–Crippen LogP) is 6.16. The highest BCUT2D eigenvalue weighted by Crippen LogP contribution is 2.32. The number of thioether (sulfide) groups is 1. The van der Waals surface area contributed by atoms with Crippen LogP contribution in [0.2, 0.25) is 20.1 Å². The van der Waals surface area contributed by atoms with Crippen molar-refractivity contribution in [1.29, 1.82) is 0 Å². The van der Waals surface area contributed by atoms with Crippen molar-refractivity contribution in [2.75, 3.05) is 17.3 Å². The maximum absolute atomic E-state index is 13.2. The van der Waals surface area contributed by atoms with Crippen LogP contribution in [0.1, 0.15) is 27.3 Å². The van der Waals surface area contributed by atoms with Gasteiger partial charge in [-0.25, -0.2) is 9.67 Å². The van der Waals surface area contributed by atoms with E-state index in [1.165, 1.54) is 35.1 Å². The van der Waals surface area contributed by atoms with Gasteiger partial charge < -0.3 is 11.1 Å². The number of pyridine rings is 1. The summed E-state index contributed by atoms with van der Waals surface area (Å²) in [5.41, 5.74) is 6.35. The van der Waals surface area contributed by atoms with Gasteiger partial charge in [-0.2, -0.15) is 16.9 Å². The van der Waals surface area contributed by atoms with Crippen molar-refractivity contribution in [2.45, 2.75) is 12.5 Å². The Morgan fingerprint density at radius 1 is 1.15 bits per heavy atom. The molecule has 0 aliphatic rings. The smallest absolute Gasteiger partial charge is 0.274 e. The minimum Gasteiger partial charge on any atom is -0.321 e. The molecule has 2 aromatic heterocycles. The lowest BCUT2D eigenvalue weighted by Gasteiger charge is -2.16. The van der Waals surface area contributed by atoms with Crippen LogP contribution in [0.25, 0.3) is 5.82 Å². The van der Waals surface area contributed by atoms with Gasteiger partial charge in [0.25, 0.3) is 5.91 Å². The van der Waals surface area contributed by atoms with Crippen molar-refractivity contribution < 1.29 is 9.59 Å². The molecule has 0 aliphatic carbocycles. The van der Waals surface area contributed by atoms with Gasteiger partial charge in [0.05, 0.1) is 26.8 Å². The average molecular weight is 612 g/mol. The number of halogens is 5. The number of carbonyl (C=O) groups is 2. The van der Waals surface area contributed by atoms with Crippen molar-refractivity contribution in [3.63, 3.8) is 0 Å². The molecule has 13 heteroatoms. The summed E-state index contributed by atoms with van der Waals surface area (Å²) in [4.78, 5) is 30.4. The third-order valence-electron chi connectivity index (χ3n) is 4.43. The maximum atomic E-state index is 13.2. The Kier molecular flexibility index (Phi) is 9.08. The predicted molar refractivity (Wildman–Crippen MR) is 139 cm³/mol. The van der Waals surface area contributed by atoms with Crippen LogP contribution in [0, 0.1) is 0 Å². The summed E-state index contributed by atoms with van der Waals surface area (Å²) in [5, 5.41) is 7.75. The van der Waals surface area contributed by atoms with Crippen molar-refractivity contribution in [3.8, 4) is 5.82 Å². The summed E-state index contributed by atoms with van der Waals surface area (Å²) in [6.07, 6.45) is 3.75. The zero-order valence-electron chi connectivity index (χ0n) is 16.9. The van der Waals surface area contributed by atoms with E-state index >= 15 is 0 Å². The quantitative estimate of drug-likeness (QED) is 0.296. The van der Waals surface area contributed by atoms with Gasteiger partial charge in [-0.3, -0.25) is 9.59 Å². The molecule has 7 nitrogen and oxygen atoms in total. The second-order valence-electron chi connectivity index (χ2n) is 6.74. The Morgan fingerprint density at radius 2 is 1.85 bits per heavy atom. The van der Waals surface area contributed by atoms with E-state index in [1.807, 2.05) is 6.26 Å². The van der Waals surface area contributed by atoms with Crippen molar-refractivity contribution >= 4 is 91.5 Å². The molecule has 1 aromatic carbocycles. The Hall–Kier alpha value is -1.33. The molecule has 3 rings (SSSR count). The molecule has 1 unspecified atom stereocenters. The van der Waals surface area contributed by atoms with Crippen LogP contribution in [0.15, 0.2) is 35.1 Å². The molecular weight excluding hydrogens is 596 g/mol. The van der Waals surface area contributed by atoms with Crippen LogP contribution in [0.5, 0.6) is 0 Å². The number of amides is 1. The first-order valence-corrected chi connectivity index (χ1v) is 13.0. The highest BCUT2D eigenvalue weighted by Gasteiger charge is 2.25. The molecule has 33 heavy (non-hydrogen) atoms. The zero-order valence-corrected chi connectivity index (χ0v) is 22.3. The lowest BCUT2D eigenvalue weighted by atomic mass is 10.0. The van der Waals surface area contributed by atoms with Gasteiger partial charge in [-0.05, 0) is 52.6 Å². The highest BCUT2D eigenvalue weighted by molar-refractivity contribution is 9.10. The number of nitrogens with one attached hydrogen (secondary N) is 1. The van der Waals surface area contributed by atoms with Crippen LogP contribution in [-0.2, 0) is 0 Å². The van der Waals surface area contributed by atoms with E-state index in [1.54, 1.807) is 11.8 Å². The molecule has 0 bridgehead atoms. The molecule has 1 amide bonds. The second-order valence-corrected chi connectivity index (χ2v) is 10.2. The number of anilines is 1. The average Bonchev–Trinajstić information content (AvgIpc) is 3.14. The highest BCUT2D eigenvalue weighted by atomic mass is 79.9. The first-order valence-electron chi connectivity index (χ1n) is 9.28. The van der Waals surface area contributed by atoms with E-state index in [2.05, 4.69) is 31.3 Å². The molecule has 3 N–H and O–H groups in total. The van der Waals surface area contributed by atoms with Crippen LogP contribution >= 0.6 is 74.1 Å². The minimum atomic E-state index is -0.778. The molecule has 0 aliphatic heterocycles. The first kappa shape index (κ1) is 26.3. The Labute approximate surface area is 222 Å². The maximum Gasteiger partial charge on any atom is 0.274 e. The summed E-state index contributed by atoms with van der Waals surface area (Å²) in [7, 11) is 0. The SMILES string of the molecule is CSCCC(N)C(=O)c1cc(Cl)cc(Cl)c1NC(=O)c1cc(Br)nn1-c1ncc(Cl)cc1Cl. The molecule has 0 saturated heterocycles. The van der Waals surface area contributed by atoms with Crippen molar-refractivity contribution in [3.05, 3.63) is 66.4 Å². The number of carbonyl (C=O) groups excluding carboxylic acids is 2. The van der Waals surface area contributed by atoms with Gasteiger partial charge in [0.15, 0.2) is 11.6 Å². The number of rotatable bonds is 8. The Morgan fingerprint density at radius 3 is 2.52 bits per heavy atom. The fourth-order valence-electron chi connectivity index (χ4n) is 2.89. The number of nitrogens with two attached hydrogens (primary N) is 1. The lowest BCUT2D eigenvalue weighted by Crippen LogP contribution is -2.32. The van der Waals surface area contributed by atoms with Crippen molar-refractivity contribution in [1.82, 2.24) is 14.8 Å². The largest absolute Gasteiger partial charge is 0.321 e. The number of benzene rings is 1. The molecule has 3 aromatic rings. The third kappa shape index (κ3) is 6.22. The lowest BCUT2D eigenvalue weighted by molar-refractivity contribution is 0.0960. The van der Waals surface area contributed by atoms with Crippen LogP contribution in [0.4, 0.5) is 5.69 Å². The zero-order chi connectivity index (χ0) is 24.3. The van der Waals surface area contributed by atoms with Crippen LogP contribution < -0.4 is 11.1 Å². The van der Waals surface area contributed by atoms with E-state index in [4.69, 9.17) is 52.1 Å². The van der Waals surface area contributed by atoms with Gasteiger partial charge in [-0.1, -0.05) is 46.4 Å². The summed E-state index contributed by atoms with van der Waals surface area (Å²) in [6.45, 7) is 0. The number of aromatic nitrogens is 3. The van der Waals surface area contributed by atoms with E-state index < -0.39 is 11.9 Å². The second kappa shape index (κ2) is 11.4. The Bertz CT molecular complexity index is 1220. The summed E-state index contributed by atoms with van der Waals surface area (Å²) in [6, 6.07) is 5.02. The van der Waals surface area contributed by atoms with E-state index in [9.17, 15) is 9.59 Å². The number of nitrogens with zero attached hydrogens (tertiary/aromatic N) is 3. The number of hydrogen-bond acceptors (Lipinski definition) is 6. The van der Waals surface area contributed by atoms with Crippen LogP contribution in [-0.4, -0.2) is 44.5 Å². The molecule has 0 fully saturated rings. The first-order chi connectivity index (χ1) is 15.6. The molecule has 0 spiro atoms. The molecule has 174 valence electrons. The number of Topliss-reactive ketones (excluding diaryl/α,β-unsaturated/α-hetero) is 1. The third-order valence-corrected chi connectivity index (χ3v) is 6.46. The molecule has 2 heterocycles. The fraction of sp³-hybridized carbons (Fsp3) is 0.200. The van der Waals surface area contributed by atoms with Gasteiger partial charge in [-0.15, -0.1) is 0 Å². The van der Waals surface area contributed by atoms with Gasteiger partial charge in [0.2, 0.25) is 0 Å².